The maximum absolute atomic E-state index is 11.7. The van der Waals surface area contributed by atoms with E-state index in [2.05, 4.69) is 29.4 Å². The molecule has 1 amide bonds. The van der Waals surface area contributed by atoms with Gasteiger partial charge >= 0.3 is 0 Å². The largest absolute Gasteiger partial charge is 0.354 e. The highest BCUT2D eigenvalue weighted by molar-refractivity contribution is 5.79. The number of rotatable bonds is 5. The average Bonchev–Trinajstić information content (AvgIpc) is 2.87. The van der Waals surface area contributed by atoms with Gasteiger partial charge in [-0.2, -0.15) is 10.2 Å². The van der Waals surface area contributed by atoms with Crippen molar-refractivity contribution in [3.8, 4) is 0 Å². The lowest BCUT2D eigenvalue weighted by Crippen LogP contribution is -2.30. The zero-order valence-electron chi connectivity index (χ0n) is 12.8. The van der Waals surface area contributed by atoms with E-state index < -0.39 is 0 Å². The highest BCUT2D eigenvalue weighted by Gasteiger charge is 2.15. The Kier molecular flexibility index (Phi) is 4.11. The Balaban J connectivity index is 2.17. The Morgan fingerprint density at radius 1 is 1.35 bits per heavy atom. The maximum Gasteiger partial charge on any atom is 0.222 e. The number of carbonyl (C=O) groups excluding carboxylic acids is 1. The van der Waals surface area contributed by atoms with E-state index in [1.807, 2.05) is 36.3 Å². The number of hydrogen-bond donors (Lipinski definition) is 1. The molecular weight excluding hydrogens is 254 g/mol. The smallest absolute Gasteiger partial charge is 0.222 e. The fourth-order valence-electron chi connectivity index (χ4n) is 2.34. The minimum absolute atomic E-state index is 0.0533. The van der Waals surface area contributed by atoms with Crippen LogP contribution in [0.3, 0.4) is 0 Å². The summed E-state index contributed by atoms with van der Waals surface area (Å²) in [5, 5.41) is 11.8. The molecule has 110 valence electrons. The Bertz CT molecular complexity index is 608. The molecular formula is C14H23N5O. The molecule has 2 rings (SSSR count). The van der Waals surface area contributed by atoms with Gasteiger partial charge in [0, 0.05) is 18.5 Å². The lowest BCUT2D eigenvalue weighted by atomic mass is 10.3. The molecule has 2 aromatic heterocycles. The van der Waals surface area contributed by atoms with Crippen molar-refractivity contribution in [3.63, 3.8) is 0 Å². The van der Waals surface area contributed by atoms with Crippen LogP contribution in [0.2, 0.25) is 0 Å². The van der Waals surface area contributed by atoms with Crippen LogP contribution < -0.4 is 5.32 Å². The molecule has 6 heteroatoms. The molecule has 0 fully saturated rings. The van der Waals surface area contributed by atoms with Gasteiger partial charge in [0.2, 0.25) is 5.91 Å². The summed E-state index contributed by atoms with van der Waals surface area (Å²) in [6, 6.07) is 0.471. The number of carbonyl (C=O) groups is 1. The van der Waals surface area contributed by atoms with Crippen LogP contribution in [0, 0.1) is 6.92 Å². The number of fused-ring (bicyclic) bond motifs is 1. The Hall–Kier alpha value is -1.85. The molecule has 0 bridgehead atoms. The van der Waals surface area contributed by atoms with E-state index in [1.165, 1.54) is 0 Å². The van der Waals surface area contributed by atoms with Crippen molar-refractivity contribution in [2.75, 3.05) is 0 Å². The van der Waals surface area contributed by atoms with Crippen molar-refractivity contribution in [1.82, 2.24) is 24.9 Å². The molecule has 2 heterocycles. The molecule has 2 aromatic rings. The van der Waals surface area contributed by atoms with Gasteiger partial charge in [-0.1, -0.05) is 0 Å². The summed E-state index contributed by atoms with van der Waals surface area (Å²) in [7, 11) is 0. The van der Waals surface area contributed by atoms with Gasteiger partial charge in [-0.3, -0.25) is 14.2 Å². The van der Waals surface area contributed by atoms with Crippen molar-refractivity contribution >= 4 is 16.9 Å². The van der Waals surface area contributed by atoms with Crippen LogP contribution in [0.1, 0.15) is 45.9 Å². The molecule has 0 aromatic carbocycles. The number of aromatic nitrogens is 4. The third-order valence-corrected chi connectivity index (χ3v) is 3.16. The normalized spacial score (nSPS) is 11.8. The predicted molar refractivity (Wildman–Crippen MR) is 78.5 cm³/mol. The fraction of sp³-hybridized carbons (Fsp3) is 0.643. The zero-order chi connectivity index (χ0) is 14.9. The summed E-state index contributed by atoms with van der Waals surface area (Å²) < 4.78 is 3.85. The average molecular weight is 277 g/mol. The van der Waals surface area contributed by atoms with Gasteiger partial charge in [0.1, 0.15) is 11.0 Å². The third kappa shape index (κ3) is 2.84. The van der Waals surface area contributed by atoms with Gasteiger partial charge < -0.3 is 5.32 Å². The molecule has 0 aliphatic rings. The van der Waals surface area contributed by atoms with Crippen molar-refractivity contribution < 1.29 is 4.79 Å². The second-order valence-electron chi connectivity index (χ2n) is 5.70. The maximum atomic E-state index is 11.7. The summed E-state index contributed by atoms with van der Waals surface area (Å²) in [6.07, 6.45) is 2.26. The summed E-state index contributed by atoms with van der Waals surface area (Å²) >= 11 is 0. The molecule has 0 saturated carbocycles. The quantitative estimate of drug-likeness (QED) is 0.909. The van der Waals surface area contributed by atoms with E-state index in [-0.39, 0.29) is 11.9 Å². The summed E-state index contributed by atoms with van der Waals surface area (Å²) in [4.78, 5) is 11.7. The van der Waals surface area contributed by atoms with E-state index in [1.54, 1.807) is 0 Å². The summed E-state index contributed by atoms with van der Waals surface area (Å²) in [6.45, 7) is 10.7. The van der Waals surface area contributed by atoms with Gasteiger partial charge in [0.05, 0.1) is 18.4 Å². The summed E-state index contributed by atoms with van der Waals surface area (Å²) in [5.74, 6) is 0.0533. The van der Waals surface area contributed by atoms with E-state index in [9.17, 15) is 4.79 Å². The first-order chi connectivity index (χ1) is 9.40. The molecule has 1 N–H and O–H groups in total. The van der Waals surface area contributed by atoms with E-state index >= 15 is 0 Å². The van der Waals surface area contributed by atoms with E-state index in [4.69, 9.17) is 0 Å². The first kappa shape index (κ1) is 14.6. The van der Waals surface area contributed by atoms with E-state index in [0.717, 1.165) is 16.7 Å². The highest BCUT2D eigenvalue weighted by Crippen LogP contribution is 2.21. The van der Waals surface area contributed by atoms with Crippen LogP contribution in [-0.2, 0) is 11.3 Å². The monoisotopic (exact) mass is 277 g/mol. The zero-order valence-corrected chi connectivity index (χ0v) is 12.8. The molecule has 6 nitrogen and oxygen atoms in total. The predicted octanol–water partition coefficient (Wildman–Crippen LogP) is 2.04. The van der Waals surface area contributed by atoms with Crippen LogP contribution in [0.5, 0.6) is 0 Å². The van der Waals surface area contributed by atoms with Gasteiger partial charge in [-0.25, -0.2) is 0 Å². The molecule has 0 unspecified atom stereocenters. The second-order valence-corrected chi connectivity index (χ2v) is 5.70. The second kappa shape index (κ2) is 5.64. The van der Waals surface area contributed by atoms with Crippen LogP contribution in [0.25, 0.3) is 11.0 Å². The molecule has 0 radical (unpaired) electrons. The van der Waals surface area contributed by atoms with Crippen LogP contribution >= 0.6 is 0 Å². The minimum Gasteiger partial charge on any atom is -0.354 e. The topological polar surface area (TPSA) is 64.7 Å². The highest BCUT2D eigenvalue weighted by atomic mass is 16.1. The Morgan fingerprint density at radius 2 is 2.05 bits per heavy atom. The molecule has 0 atom stereocenters. The molecule has 0 saturated heterocycles. The molecule has 20 heavy (non-hydrogen) atoms. The SMILES string of the molecule is Cc1nn(C(C)C)c2cnn(CCC(=O)NC(C)C)c12. The number of amides is 1. The number of hydrogen-bond acceptors (Lipinski definition) is 3. The Labute approximate surface area is 119 Å². The summed E-state index contributed by atoms with van der Waals surface area (Å²) in [5.41, 5.74) is 3.01. The Morgan fingerprint density at radius 3 is 2.65 bits per heavy atom. The number of aryl methyl sites for hydroxylation is 2. The minimum atomic E-state index is 0.0533. The number of nitrogens with one attached hydrogen (secondary N) is 1. The lowest BCUT2D eigenvalue weighted by Gasteiger charge is -2.08. The van der Waals surface area contributed by atoms with E-state index in [0.29, 0.717) is 19.0 Å². The standard InChI is InChI=1S/C14H23N5O/c1-9(2)16-13(20)6-7-18-14-11(5)17-19(10(3)4)12(14)8-15-18/h8-10H,6-7H2,1-5H3,(H,16,20). The van der Waals surface area contributed by atoms with Crippen LogP contribution in [0.4, 0.5) is 0 Å². The molecule has 0 aliphatic heterocycles. The number of nitrogens with zero attached hydrogens (tertiary/aromatic N) is 4. The van der Waals surface area contributed by atoms with Crippen molar-refractivity contribution in [2.24, 2.45) is 0 Å². The van der Waals surface area contributed by atoms with Gasteiger partial charge in [-0.15, -0.1) is 0 Å². The van der Waals surface area contributed by atoms with Gasteiger partial charge in [-0.05, 0) is 34.6 Å². The van der Waals surface area contributed by atoms with Crippen molar-refractivity contribution in [3.05, 3.63) is 11.9 Å². The van der Waals surface area contributed by atoms with Gasteiger partial charge in [0.15, 0.2) is 0 Å². The first-order valence-electron chi connectivity index (χ1n) is 7.10. The molecule has 0 spiro atoms. The third-order valence-electron chi connectivity index (χ3n) is 3.16. The van der Waals surface area contributed by atoms with Crippen molar-refractivity contribution in [1.29, 1.82) is 0 Å². The first-order valence-corrected chi connectivity index (χ1v) is 7.10. The fourth-order valence-corrected chi connectivity index (χ4v) is 2.34. The lowest BCUT2D eigenvalue weighted by molar-refractivity contribution is -0.121. The van der Waals surface area contributed by atoms with Gasteiger partial charge in [0.25, 0.3) is 0 Å². The van der Waals surface area contributed by atoms with Crippen LogP contribution in [-0.4, -0.2) is 31.5 Å². The van der Waals surface area contributed by atoms with Crippen LogP contribution in [0.15, 0.2) is 6.20 Å². The van der Waals surface area contributed by atoms with Crippen molar-refractivity contribution in [2.45, 2.75) is 59.7 Å². The molecule has 0 aliphatic carbocycles.